The first-order chi connectivity index (χ1) is 9.74. The van der Waals surface area contributed by atoms with Crippen LogP contribution in [-0.2, 0) is 6.54 Å². The van der Waals surface area contributed by atoms with Crippen molar-refractivity contribution in [2.45, 2.75) is 26.8 Å². The van der Waals surface area contributed by atoms with Crippen LogP contribution in [0.15, 0.2) is 49.0 Å². The molecule has 0 aliphatic heterocycles. The molecule has 0 N–H and O–H groups in total. The van der Waals surface area contributed by atoms with Crippen LogP contribution in [0.25, 0.3) is 27.9 Å². The highest BCUT2D eigenvalue weighted by molar-refractivity contribution is 6.08. The zero-order valence-electron chi connectivity index (χ0n) is 12.3. The standard InChI is InChI=1S/C19H21N/c1-4-14(3)13-20-18-9-7-6-8-16(18)17-12-15(5-2)10-11-19(17)20/h5-12,14H,2,4,13H2,1,3H3. The molecule has 0 radical (unpaired) electrons. The molecule has 20 heavy (non-hydrogen) atoms. The van der Waals surface area contributed by atoms with Crippen LogP contribution in [-0.4, -0.2) is 4.57 Å². The molecule has 0 fully saturated rings. The lowest BCUT2D eigenvalue weighted by Crippen LogP contribution is -2.06. The summed E-state index contributed by atoms with van der Waals surface area (Å²) < 4.78 is 2.46. The van der Waals surface area contributed by atoms with Crippen molar-refractivity contribution in [2.75, 3.05) is 0 Å². The molecule has 0 aliphatic rings. The molecule has 3 rings (SSSR count). The third-order valence-corrected chi connectivity index (χ3v) is 4.22. The van der Waals surface area contributed by atoms with Crippen molar-refractivity contribution in [1.29, 1.82) is 0 Å². The van der Waals surface area contributed by atoms with E-state index in [1.807, 2.05) is 6.08 Å². The van der Waals surface area contributed by atoms with Crippen LogP contribution in [0.5, 0.6) is 0 Å². The molecule has 0 spiro atoms. The highest BCUT2D eigenvalue weighted by Crippen LogP contribution is 2.30. The molecule has 2 aromatic carbocycles. The lowest BCUT2D eigenvalue weighted by atomic mass is 10.1. The highest BCUT2D eigenvalue weighted by Gasteiger charge is 2.11. The third kappa shape index (κ3) is 2.03. The van der Waals surface area contributed by atoms with Gasteiger partial charge in [-0.25, -0.2) is 0 Å². The van der Waals surface area contributed by atoms with Crippen LogP contribution < -0.4 is 0 Å². The number of benzene rings is 2. The molecule has 1 nitrogen and oxygen atoms in total. The molecule has 3 aromatic rings. The number of hydrogen-bond donors (Lipinski definition) is 0. The fraction of sp³-hybridized carbons (Fsp3) is 0.263. The zero-order chi connectivity index (χ0) is 14.1. The van der Waals surface area contributed by atoms with E-state index in [1.165, 1.54) is 33.8 Å². The maximum atomic E-state index is 3.88. The maximum Gasteiger partial charge on any atom is 0.0491 e. The quantitative estimate of drug-likeness (QED) is 0.587. The molecule has 0 aliphatic carbocycles. The predicted molar refractivity (Wildman–Crippen MR) is 89.0 cm³/mol. The summed E-state index contributed by atoms with van der Waals surface area (Å²) in [5.74, 6) is 0.688. The van der Waals surface area contributed by atoms with Gasteiger partial charge in [-0.3, -0.25) is 0 Å². The number of para-hydroxylation sites is 1. The van der Waals surface area contributed by atoms with E-state index in [4.69, 9.17) is 0 Å². The number of nitrogens with zero attached hydrogens (tertiary/aromatic N) is 1. The summed E-state index contributed by atoms with van der Waals surface area (Å²) >= 11 is 0. The Balaban J connectivity index is 2.32. The number of rotatable bonds is 4. The first kappa shape index (κ1) is 13.0. The molecular formula is C19H21N. The summed E-state index contributed by atoms with van der Waals surface area (Å²) in [6.07, 6.45) is 3.12. The topological polar surface area (TPSA) is 4.93 Å². The van der Waals surface area contributed by atoms with E-state index in [9.17, 15) is 0 Å². The van der Waals surface area contributed by atoms with Gasteiger partial charge in [-0.05, 0) is 29.7 Å². The van der Waals surface area contributed by atoms with Crippen LogP contribution in [0.4, 0.5) is 0 Å². The molecule has 1 aromatic heterocycles. The average Bonchev–Trinajstić information content (AvgIpc) is 2.81. The number of hydrogen-bond acceptors (Lipinski definition) is 0. The summed E-state index contributed by atoms with van der Waals surface area (Å²) in [5.41, 5.74) is 3.85. The first-order valence-electron chi connectivity index (χ1n) is 7.38. The van der Waals surface area contributed by atoms with Crippen LogP contribution in [0.2, 0.25) is 0 Å². The Morgan fingerprint density at radius 2 is 1.85 bits per heavy atom. The lowest BCUT2D eigenvalue weighted by molar-refractivity contribution is 0.485. The highest BCUT2D eigenvalue weighted by atomic mass is 15.0. The normalized spacial score (nSPS) is 12.9. The van der Waals surface area contributed by atoms with E-state index in [1.54, 1.807) is 0 Å². The van der Waals surface area contributed by atoms with Crippen molar-refractivity contribution in [3.8, 4) is 0 Å². The molecule has 1 atom stereocenters. The van der Waals surface area contributed by atoms with E-state index in [2.05, 4.69) is 67.5 Å². The van der Waals surface area contributed by atoms with Crippen LogP contribution >= 0.6 is 0 Å². The van der Waals surface area contributed by atoms with Crippen molar-refractivity contribution in [2.24, 2.45) is 5.92 Å². The Bertz CT molecular complexity index is 764. The Kier molecular flexibility index (Phi) is 3.35. The van der Waals surface area contributed by atoms with Gasteiger partial charge in [0.15, 0.2) is 0 Å². The van der Waals surface area contributed by atoms with Crippen molar-refractivity contribution in [1.82, 2.24) is 4.57 Å². The smallest absolute Gasteiger partial charge is 0.0491 e. The minimum absolute atomic E-state index is 0.688. The molecule has 0 saturated carbocycles. The zero-order valence-corrected chi connectivity index (χ0v) is 12.3. The summed E-state index contributed by atoms with van der Waals surface area (Å²) in [6, 6.07) is 15.3. The molecular weight excluding hydrogens is 242 g/mol. The Labute approximate surface area is 120 Å². The fourth-order valence-corrected chi connectivity index (χ4v) is 2.84. The van der Waals surface area contributed by atoms with Gasteiger partial charge in [-0.15, -0.1) is 0 Å². The molecule has 1 heterocycles. The third-order valence-electron chi connectivity index (χ3n) is 4.22. The molecule has 1 unspecified atom stereocenters. The van der Waals surface area contributed by atoms with E-state index in [0.717, 1.165) is 6.54 Å². The van der Waals surface area contributed by atoms with Gasteiger partial charge in [0.05, 0.1) is 0 Å². The largest absolute Gasteiger partial charge is 0.340 e. The second-order valence-corrected chi connectivity index (χ2v) is 5.62. The van der Waals surface area contributed by atoms with Crippen LogP contribution in [0.3, 0.4) is 0 Å². The SMILES string of the molecule is C=Cc1ccc2c(c1)c1ccccc1n2CC(C)CC. The molecule has 102 valence electrons. The van der Waals surface area contributed by atoms with Gasteiger partial charge in [0.2, 0.25) is 0 Å². The van der Waals surface area contributed by atoms with Crippen molar-refractivity contribution < 1.29 is 0 Å². The van der Waals surface area contributed by atoms with Crippen molar-refractivity contribution in [3.05, 3.63) is 54.6 Å². The van der Waals surface area contributed by atoms with Crippen molar-refractivity contribution in [3.63, 3.8) is 0 Å². The number of aromatic nitrogens is 1. The molecule has 1 heteroatoms. The van der Waals surface area contributed by atoms with E-state index in [0.29, 0.717) is 5.92 Å². The average molecular weight is 263 g/mol. The van der Waals surface area contributed by atoms with Gasteiger partial charge in [-0.1, -0.05) is 57.2 Å². The van der Waals surface area contributed by atoms with E-state index in [-0.39, 0.29) is 0 Å². The summed E-state index contributed by atoms with van der Waals surface area (Å²) in [4.78, 5) is 0. The van der Waals surface area contributed by atoms with Gasteiger partial charge < -0.3 is 4.57 Å². The summed E-state index contributed by atoms with van der Waals surface area (Å²) in [6.45, 7) is 9.53. The van der Waals surface area contributed by atoms with E-state index < -0.39 is 0 Å². The second-order valence-electron chi connectivity index (χ2n) is 5.62. The monoisotopic (exact) mass is 263 g/mol. The Morgan fingerprint density at radius 3 is 2.60 bits per heavy atom. The first-order valence-corrected chi connectivity index (χ1v) is 7.38. The van der Waals surface area contributed by atoms with Gasteiger partial charge in [0.1, 0.15) is 0 Å². The second kappa shape index (κ2) is 5.16. The molecule has 0 saturated heterocycles. The fourth-order valence-electron chi connectivity index (χ4n) is 2.84. The Morgan fingerprint density at radius 1 is 1.10 bits per heavy atom. The van der Waals surface area contributed by atoms with Crippen LogP contribution in [0.1, 0.15) is 25.8 Å². The van der Waals surface area contributed by atoms with Gasteiger partial charge >= 0.3 is 0 Å². The van der Waals surface area contributed by atoms with Gasteiger partial charge in [0.25, 0.3) is 0 Å². The summed E-state index contributed by atoms with van der Waals surface area (Å²) in [5, 5.41) is 2.68. The van der Waals surface area contributed by atoms with E-state index >= 15 is 0 Å². The number of fused-ring (bicyclic) bond motifs is 3. The lowest BCUT2D eigenvalue weighted by Gasteiger charge is -2.12. The minimum atomic E-state index is 0.688. The minimum Gasteiger partial charge on any atom is -0.340 e. The molecule has 0 bridgehead atoms. The van der Waals surface area contributed by atoms with Gasteiger partial charge in [-0.2, -0.15) is 0 Å². The van der Waals surface area contributed by atoms with Gasteiger partial charge in [0, 0.05) is 28.4 Å². The summed E-state index contributed by atoms with van der Waals surface area (Å²) in [7, 11) is 0. The Hall–Kier alpha value is -2.02. The van der Waals surface area contributed by atoms with Crippen LogP contribution in [0, 0.1) is 5.92 Å². The predicted octanol–water partition coefficient (Wildman–Crippen LogP) is 5.48. The molecule has 0 amide bonds. The maximum absolute atomic E-state index is 3.88. The van der Waals surface area contributed by atoms with Crippen molar-refractivity contribution >= 4 is 27.9 Å².